The van der Waals surface area contributed by atoms with Gasteiger partial charge in [0.05, 0.1) is 22.5 Å². The number of nitrogens with one attached hydrogen (secondary N) is 2. The molecule has 0 fully saturated rings. The molecule has 1 aromatic carbocycles. The standard InChI is InChI=1S/C15H12N6OS/c1-8(23-15-11-13(17-6-16-11)18-7-19-15)12-20-10-5-3-2-4-9(10)14(22)21-12/h2-8H,1H3,(H,20,21,22)(H,16,17,18,19)/t8-/m1/s1. The molecular weight excluding hydrogens is 312 g/mol. The lowest BCUT2D eigenvalue weighted by Gasteiger charge is -2.10. The second-order valence-electron chi connectivity index (χ2n) is 5.01. The number of fused-ring (bicyclic) bond motifs is 2. The van der Waals surface area contributed by atoms with Crippen LogP contribution in [-0.2, 0) is 0 Å². The Morgan fingerprint density at radius 2 is 2.04 bits per heavy atom. The Bertz CT molecular complexity index is 1060. The van der Waals surface area contributed by atoms with Gasteiger partial charge in [0.15, 0.2) is 5.65 Å². The second kappa shape index (κ2) is 5.47. The summed E-state index contributed by atoms with van der Waals surface area (Å²) >= 11 is 1.49. The van der Waals surface area contributed by atoms with Gasteiger partial charge in [0.25, 0.3) is 5.56 Å². The molecule has 4 aromatic rings. The Hall–Kier alpha value is -2.74. The molecule has 114 valence electrons. The van der Waals surface area contributed by atoms with Crippen LogP contribution in [0.3, 0.4) is 0 Å². The van der Waals surface area contributed by atoms with Crippen LogP contribution < -0.4 is 5.56 Å². The predicted octanol–water partition coefficient (Wildman–Crippen LogP) is 2.44. The maximum Gasteiger partial charge on any atom is 0.258 e. The minimum Gasteiger partial charge on any atom is -0.341 e. The molecule has 4 rings (SSSR count). The Labute approximate surface area is 134 Å². The Balaban J connectivity index is 1.73. The molecule has 0 bridgehead atoms. The van der Waals surface area contributed by atoms with Crippen LogP contribution in [0, 0.1) is 0 Å². The van der Waals surface area contributed by atoms with Crippen molar-refractivity contribution in [2.24, 2.45) is 0 Å². The average Bonchev–Trinajstić information content (AvgIpc) is 3.04. The van der Waals surface area contributed by atoms with Crippen molar-refractivity contribution >= 4 is 33.8 Å². The summed E-state index contributed by atoms with van der Waals surface area (Å²) in [6.45, 7) is 1.97. The zero-order chi connectivity index (χ0) is 15.8. The molecule has 0 unspecified atom stereocenters. The molecule has 23 heavy (non-hydrogen) atoms. The van der Waals surface area contributed by atoms with Crippen molar-refractivity contribution < 1.29 is 0 Å². The van der Waals surface area contributed by atoms with Gasteiger partial charge in [-0.05, 0) is 19.1 Å². The van der Waals surface area contributed by atoms with Crippen LogP contribution in [0.1, 0.15) is 18.0 Å². The maximum absolute atomic E-state index is 12.2. The van der Waals surface area contributed by atoms with Crippen molar-refractivity contribution in [2.75, 3.05) is 0 Å². The van der Waals surface area contributed by atoms with Crippen molar-refractivity contribution in [3.63, 3.8) is 0 Å². The number of benzene rings is 1. The van der Waals surface area contributed by atoms with E-state index in [0.717, 1.165) is 10.5 Å². The number of aromatic amines is 2. The molecule has 1 atom stereocenters. The summed E-state index contributed by atoms with van der Waals surface area (Å²) in [4.78, 5) is 35.1. The highest BCUT2D eigenvalue weighted by Gasteiger charge is 2.15. The predicted molar refractivity (Wildman–Crippen MR) is 88.3 cm³/mol. The molecular formula is C15H12N6OS. The zero-order valence-electron chi connectivity index (χ0n) is 12.1. The molecule has 0 aliphatic carbocycles. The first-order chi connectivity index (χ1) is 11.2. The molecule has 3 aromatic heterocycles. The zero-order valence-corrected chi connectivity index (χ0v) is 13.0. The number of H-pyrrole nitrogens is 2. The van der Waals surface area contributed by atoms with Gasteiger partial charge in [0.1, 0.15) is 22.7 Å². The van der Waals surface area contributed by atoms with Crippen LogP contribution in [0.25, 0.3) is 22.1 Å². The van der Waals surface area contributed by atoms with E-state index in [1.165, 1.54) is 18.1 Å². The van der Waals surface area contributed by atoms with E-state index < -0.39 is 0 Å². The first-order valence-electron chi connectivity index (χ1n) is 7.02. The largest absolute Gasteiger partial charge is 0.341 e. The minimum atomic E-state index is -0.132. The van der Waals surface area contributed by atoms with Gasteiger partial charge in [-0.2, -0.15) is 0 Å². The number of thioether (sulfide) groups is 1. The van der Waals surface area contributed by atoms with Gasteiger partial charge in [0.2, 0.25) is 0 Å². The van der Waals surface area contributed by atoms with Crippen LogP contribution >= 0.6 is 11.8 Å². The highest BCUT2D eigenvalue weighted by Crippen LogP contribution is 2.34. The van der Waals surface area contributed by atoms with Gasteiger partial charge >= 0.3 is 0 Å². The van der Waals surface area contributed by atoms with E-state index in [9.17, 15) is 4.79 Å². The van der Waals surface area contributed by atoms with Gasteiger partial charge < -0.3 is 9.97 Å². The van der Waals surface area contributed by atoms with E-state index in [-0.39, 0.29) is 10.8 Å². The fourth-order valence-corrected chi connectivity index (χ4v) is 3.29. The molecule has 8 heteroatoms. The minimum absolute atomic E-state index is 0.0753. The van der Waals surface area contributed by atoms with Crippen molar-refractivity contribution in [3.05, 3.63) is 53.1 Å². The number of rotatable bonds is 3. The van der Waals surface area contributed by atoms with E-state index in [2.05, 4.69) is 29.9 Å². The molecule has 2 N–H and O–H groups in total. The fourth-order valence-electron chi connectivity index (χ4n) is 2.35. The number of aromatic nitrogens is 6. The smallest absolute Gasteiger partial charge is 0.258 e. The van der Waals surface area contributed by atoms with Crippen LogP contribution in [-0.4, -0.2) is 29.9 Å². The van der Waals surface area contributed by atoms with E-state index >= 15 is 0 Å². The summed E-state index contributed by atoms with van der Waals surface area (Å²) in [6, 6.07) is 7.30. The summed E-state index contributed by atoms with van der Waals surface area (Å²) < 4.78 is 0. The van der Waals surface area contributed by atoms with Crippen molar-refractivity contribution in [1.29, 1.82) is 0 Å². The first-order valence-corrected chi connectivity index (χ1v) is 7.90. The summed E-state index contributed by atoms with van der Waals surface area (Å²) in [5.41, 5.74) is 1.96. The van der Waals surface area contributed by atoms with E-state index in [4.69, 9.17) is 0 Å². The Morgan fingerprint density at radius 3 is 2.96 bits per heavy atom. The topological polar surface area (TPSA) is 100 Å². The fraction of sp³-hybridized carbons (Fsp3) is 0.133. The third kappa shape index (κ3) is 2.46. The molecule has 0 aliphatic heterocycles. The lowest BCUT2D eigenvalue weighted by Crippen LogP contribution is -2.12. The Morgan fingerprint density at radius 1 is 1.17 bits per heavy atom. The average molecular weight is 324 g/mol. The van der Waals surface area contributed by atoms with Gasteiger partial charge in [-0.25, -0.2) is 19.9 Å². The monoisotopic (exact) mass is 324 g/mol. The van der Waals surface area contributed by atoms with Gasteiger partial charge in [-0.3, -0.25) is 4.79 Å². The van der Waals surface area contributed by atoms with E-state index in [1.807, 2.05) is 25.1 Å². The second-order valence-corrected chi connectivity index (χ2v) is 6.34. The van der Waals surface area contributed by atoms with Gasteiger partial charge in [0, 0.05) is 0 Å². The van der Waals surface area contributed by atoms with Crippen LogP contribution in [0.5, 0.6) is 0 Å². The SMILES string of the molecule is C[C@@H](Sc1ncnc2nc[nH]c12)c1nc2ccccc2c(=O)[nH]1. The number of hydrogen-bond acceptors (Lipinski definition) is 6. The third-order valence-corrected chi connectivity index (χ3v) is 4.60. The summed E-state index contributed by atoms with van der Waals surface area (Å²) in [7, 11) is 0. The van der Waals surface area contributed by atoms with Crippen LogP contribution in [0.15, 0.2) is 46.7 Å². The molecule has 7 nitrogen and oxygen atoms in total. The maximum atomic E-state index is 12.2. The molecule has 0 spiro atoms. The van der Waals surface area contributed by atoms with Crippen LogP contribution in [0.4, 0.5) is 0 Å². The van der Waals surface area contributed by atoms with E-state index in [0.29, 0.717) is 22.4 Å². The summed E-state index contributed by atoms with van der Waals surface area (Å²) in [6.07, 6.45) is 3.07. The molecule has 0 saturated heterocycles. The van der Waals surface area contributed by atoms with Crippen LogP contribution in [0.2, 0.25) is 0 Å². The highest BCUT2D eigenvalue weighted by molar-refractivity contribution is 7.99. The van der Waals surface area contributed by atoms with Crippen molar-refractivity contribution in [2.45, 2.75) is 17.2 Å². The normalized spacial score (nSPS) is 12.7. The lowest BCUT2D eigenvalue weighted by molar-refractivity contribution is 0.918. The molecule has 0 radical (unpaired) electrons. The molecule has 3 heterocycles. The lowest BCUT2D eigenvalue weighted by atomic mass is 10.2. The molecule has 0 saturated carbocycles. The highest BCUT2D eigenvalue weighted by atomic mass is 32.2. The molecule has 0 aliphatic rings. The van der Waals surface area contributed by atoms with Crippen molar-refractivity contribution in [1.82, 2.24) is 29.9 Å². The first kappa shape index (κ1) is 13.9. The number of imidazole rings is 1. The Kier molecular flexibility index (Phi) is 3.30. The van der Waals surface area contributed by atoms with Crippen molar-refractivity contribution in [3.8, 4) is 0 Å². The third-order valence-electron chi connectivity index (χ3n) is 3.49. The van der Waals surface area contributed by atoms with Gasteiger partial charge in [-0.1, -0.05) is 23.9 Å². The van der Waals surface area contributed by atoms with Gasteiger partial charge in [-0.15, -0.1) is 0 Å². The summed E-state index contributed by atoms with van der Waals surface area (Å²) in [5.74, 6) is 0.616. The summed E-state index contributed by atoms with van der Waals surface area (Å²) in [5, 5.41) is 1.29. The quantitative estimate of drug-likeness (QED) is 0.443. The number of para-hydroxylation sites is 1. The molecule has 0 amide bonds. The van der Waals surface area contributed by atoms with E-state index in [1.54, 1.807) is 12.4 Å². The number of nitrogens with zero attached hydrogens (tertiary/aromatic N) is 4. The number of hydrogen-bond donors (Lipinski definition) is 2.